The molecule has 0 aromatic heterocycles. The molecule has 2 aromatic rings. The molecule has 1 aliphatic carbocycles. The van der Waals surface area contributed by atoms with Crippen molar-refractivity contribution < 1.29 is 23.8 Å². The average molecular weight is 508 g/mol. The summed E-state index contributed by atoms with van der Waals surface area (Å²) in [5.74, 6) is 2.24. The SMILES string of the molecule is CCSCCOC(=O)C1=C(C)NC2=C(C(=O)C[C@H](c3ccc(OC)cc3)C2)[C@H]1c1ccccc1OC. The maximum Gasteiger partial charge on any atom is 0.336 e. The molecule has 0 amide bonds. The van der Waals surface area contributed by atoms with Crippen molar-refractivity contribution >= 4 is 23.5 Å². The Morgan fingerprint density at radius 1 is 1.06 bits per heavy atom. The van der Waals surface area contributed by atoms with Crippen molar-refractivity contribution in [2.24, 2.45) is 0 Å². The third-order valence-electron chi connectivity index (χ3n) is 6.75. The van der Waals surface area contributed by atoms with Gasteiger partial charge in [0.1, 0.15) is 18.1 Å². The van der Waals surface area contributed by atoms with Crippen molar-refractivity contribution in [1.82, 2.24) is 5.32 Å². The molecule has 0 saturated heterocycles. The highest BCUT2D eigenvalue weighted by molar-refractivity contribution is 7.99. The van der Waals surface area contributed by atoms with Crippen molar-refractivity contribution in [1.29, 1.82) is 0 Å². The summed E-state index contributed by atoms with van der Waals surface area (Å²) in [7, 11) is 3.24. The predicted octanol–water partition coefficient (Wildman–Crippen LogP) is 5.36. The van der Waals surface area contributed by atoms with Crippen LogP contribution in [0.25, 0.3) is 0 Å². The molecular weight excluding hydrogens is 474 g/mol. The molecule has 0 unspecified atom stereocenters. The Balaban J connectivity index is 1.73. The zero-order valence-electron chi connectivity index (χ0n) is 21.3. The Labute approximate surface area is 217 Å². The maximum absolute atomic E-state index is 13.8. The van der Waals surface area contributed by atoms with Crippen LogP contribution in [0.2, 0.25) is 0 Å². The number of para-hydroxylation sites is 1. The fraction of sp³-hybridized carbons (Fsp3) is 0.379. The van der Waals surface area contributed by atoms with E-state index in [-0.39, 0.29) is 11.7 Å². The quantitative estimate of drug-likeness (QED) is 0.362. The third-order valence-corrected chi connectivity index (χ3v) is 7.61. The van der Waals surface area contributed by atoms with Gasteiger partial charge in [0.25, 0.3) is 0 Å². The number of carbonyl (C=O) groups is 2. The zero-order valence-corrected chi connectivity index (χ0v) is 22.1. The number of carbonyl (C=O) groups excluding carboxylic acids is 2. The lowest BCUT2D eigenvalue weighted by atomic mass is 9.71. The molecular formula is C29H33NO5S. The third kappa shape index (κ3) is 5.31. The van der Waals surface area contributed by atoms with E-state index in [2.05, 4.69) is 12.2 Å². The summed E-state index contributed by atoms with van der Waals surface area (Å²) in [6, 6.07) is 15.5. The molecule has 190 valence electrons. The summed E-state index contributed by atoms with van der Waals surface area (Å²) >= 11 is 1.72. The molecule has 0 fully saturated rings. The van der Waals surface area contributed by atoms with Crippen molar-refractivity contribution in [2.75, 3.05) is 32.3 Å². The molecule has 4 rings (SSSR count). The van der Waals surface area contributed by atoms with E-state index in [9.17, 15) is 9.59 Å². The summed E-state index contributed by atoms with van der Waals surface area (Å²) in [6.07, 6.45) is 1.04. The van der Waals surface area contributed by atoms with Gasteiger partial charge >= 0.3 is 5.97 Å². The van der Waals surface area contributed by atoms with E-state index in [1.165, 1.54) is 0 Å². The number of allylic oxidation sites excluding steroid dienone is 3. The summed E-state index contributed by atoms with van der Waals surface area (Å²) in [6.45, 7) is 4.28. The largest absolute Gasteiger partial charge is 0.497 e. The maximum atomic E-state index is 13.8. The van der Waals surface area contributed by atoms with Crippen molar-refractivity contribution in [2.45, 2.75) is 38.5 Å². The van der Waals surface area contributed by atoms with E-state index in [1.807, 2.05) is 55.5 Å². The fourth-order valence-electron chi connectivity index (χ4n) is 5.05. The predicted molar refractivity (Wildman–Crippen MR) is 143 cm³/mol. The summed E-state index contributed by atoms with van der Waals surface area (Å²) in [4.78, 5) is 27.1. The van der Waals surface area contributed by atoms with E-state index in [0.717, 1.165) is 34.1 Å². The van der Waals surface area contributed by atoms with Crippen LogP contribution in [0.5, 0.6) is 11.5 Å². The number of Topliss-reactive ketones (excluding diaryl/α,β-unsaturated/α-hetero) is 1. The molecule has 1 aliphatic heterocycles. The first-order valence-corrected chi connectivity index (χ1v) is 13.4. The number of rotatable bonds is 9. The van der Waals surface area contributed by atoms with Crippen LogP contribution in [-0.4, -0.2) is 44.1 Å². The van der Waals surface area contributed by atoms with Gasteiger partial charge in [-0.2, -0.15) is 11.8 Å². The van der Waals surface area contributed by atoms with Gasteiger partial charge in [0.05, 0.1) is 25.7 Å². The van der Waals surface area contributed by atoms with Crippen molar-refractivity contribution in [3.63, 3.8) is 0 Å². The molecule has 0 spiro atoms. The zero-order chi connectivity index (χ0) is 25.7. The Morgan fingerprint density at radius 3 is 2.50 bits per heavy atom. The fourth-order valence-corrected chi connectivity index (χ4v) is 5.54. The molecule has 0 saturated carbocycles. The molecule has 0 bridgehead atoms. The number of ketones is 1. The number of methoxy groups -OCH3 is 2. The smallest absolute Gasteiger partial charge is 0.336 e. The molecule has 6 nitrogen and oxygen atoms in total. The van der Waals surface area contributed by atoms with E-state index >= 15 is 0 Å². The standard InChI is InChI=1S/C29H33NO5S/c1-5-36-15-14-35-29(32)26-18(2)30-23-16-20(19-10-12-21(33-3)13-11-19)17-24(31)28(23)27(26)22-8-6-7-9-25(22)34-4/h6-13,20,27,30H,5,14-17H2,1-4H3/t20-,27+/m1/s1. The summed E-state index contributed by atoms with van der Waals surface area (Å²) in [5, 5.41) is 3.41. The number of thioether (sulfide) groups is 1. The molecule has 7 heteroatoms. The lowest BCUT2D eigenvalue weighted by Gasteiger charge is -2.37. The average Bonchev–Trinajstić information content (AvgIpc) is 2.90. The van der Waals surface area contributed by atoms with Gasteiger partial charge in [-0.15, -0.1) is 0 Å². The first kappa shape index (κ1) is 25.9. The lowest BCUT2D eigenvalue weighted by Crippen LogP contribution is -2.36. The monoisotopic (exact) mass is 507 g/mol. The van der Waals surface area contributed by atoms with Gasteiger partial charge < -0.3 is 19.5 Å². The van der Waals surface area contributed by atoms with Crippen LogP contribution in [0.15, 0.2) is 71.1 Å². The molecule has 2 atom stereocenters. The van der Waals surface area contributed by atoms with E-state index in [1.54, 1.807) is 26.0 Å². The lowest BCUT2D eigenvalue weighted by molar-refractivity contribution is -0.138. The summed E-state index contributed by atoms with van der Waals surface area (Å²) in [5.41, 5.74) is 4.55. The molecule has 1 N–H and O–H groups in total. The van der Waals surface area contributed by atoms with Gasteiger partial charge in [-0.05, 0) is 48.8 Å². The number of benzene rings is 2. The van der Waals surface area contributed by atoms with Crippen molar-refractivity contribution in [3.05, 3.63) is 82.2 Å². The molecule has 2 aromatic carbocycles. The van der Waals surface area contributed by atoms with Crippen LogP contribution in [0.1, 0.15) is 49.7 Å². The normalized spacial score (nSPS) is 19.5. The number of esters is 1. The number of hydrogen-bond acceptors (Lipinski definition) is 7. The first-order valence-electron chi connectivity index (χ1n) is 12.2. The summed E-state index contributed by atoms with van der Waals surface area (Å²) < 4.78 is 16.6. The number of hydrogen-bond donors (Lipinski definition) is 1. The number of dihydropyridines is 1. The second kappa shape index (κ2) is 11.7. The van der Waals surface area contributed by atoms with Crippen LogP contribution in [0.4, 0.5) is 0 Å². The Kier molecular flexibility index (Phi) is 8.41. The first-order chi connectivity index (χ1) is 17.5. The van der Waals surface area contributed by atoms with Gasteiger partial charge in [0.2, 0.25) is 0 Å². The van der Waals surface area contributed by atoms with Crippen LogP contribution >= 0.6 is 11.8 Å². The minimum absolute atomic E-state index is 0.0276. The number of nitrogens with one attached hydrogen (secondary N) is 1. The van der Waals surface area contributed by atoms with Crippen LogP contribution < -0.4 is 14.8 Å². The molecule has 36 heavy (non-hydrogen) atoms. The molecule has 1 heterocycles. The van der Waals surface area contributed by atoms with Gasteiger partial charge in [0, 0.05) is 34.7 Å². The second-order valence-corrected chi connectivity index (χ2v) is 10.3. The van der Waals surface area contributed by atoms with Crippen molar-refractivity contribution in [3.8, 4) is 11.5 Å². The van der Waals surface area contributed by atoms with E-state index in [0.29, 0.717) is 42.0 Å². The van der Waals surface area contributed by atoms with E-state index in [4.69, 9.17) is 14.2 Å². The van der Waals surface area contributed by atoms with Gasteiger partial charge in [-0.1, -0.05) is 37.3 Å². The highest BCUT2D eigenvalue weighted by Crippen LogP contribution is 2.47. The minimum Gasteiger partial charge on any atom is -0.497 e. The number of ether oxygens (including phenoxy) is 3. The Hall–Kier alpha value is -3.19. The van der Waals surface area contributed by atoms with Gasteiger partial charge in [-0.3, -0.25) is 4.79 Å². The minimum atomic E-state index is -0.548. The van der Waals surface area contributed by atoms with Crippen LogP contribution in [0, 0.1) is 0 Å². The second-order valence-electron chi connectivity index (χ2n) is 8.87. The van der Waals surface area contributed by atoms with Crippen LogP contribution in [0.3, 0.4) is 0 Å². The molecule has 0 radical (unpaired) electrons. The Bertz CT molecular complexity index is 1180. The highest BCUT2D eigenvalue weighted by Gasteiger charge is 2.42. The van der Waals surface area contributed by atoms with Gasteiger partial charge in [0.15, 0.2) is 5.78 Å². The topological polar surface area (TPSA) is 73.9 Å². The van der Waals surface area contributed by atoms with Gasteiger partial charge in [-0.25, -0.2) is 4.79 Å². The highest BCUT2D eigenvalue weighted by atomic mass is 32.2. The van der Waals surface area contributed by atoms with Crippen LogP contribution in [-0.2, 0) is 14.3 Å². The van der Waals surface area contributed by atoms with E-state index < -0.39 is 11.9 Å². The molecule has 2 aliphatic rings. The Morgan fingerprint density at radius 2 is 1.81 bits per heavy atom.